The van der Waals surface area contributed by atoms with Gasteiger partial charge in [0.25, 0.3) is 0 Å². The molecular weight excluding hydrogens is 400 g/mol. The highest BCUT2D eigenvalue weighted by atomic mass is 32.2. The molecule has 1 N–H and O–H groups in total. The quantitative estimate of drug-likeness (QED) is 0.628. The fourth-order valence-electron chi connectivity index (χ4n) is 3.78. The summed E-state index contributed by atoms with van der Waals surface area (Å²) in [6, 6.07) is 20.6. The predicted octanol–water partition coefficient (Wildman–Crippen LogP) is 3.20. The van der Waals surface area contributed by atoms with Gasteiger partial charge in [-0.1, -0.05) is 42.5 Å². The lowest BCUT2D eigenvalue weighted by Crippen LogP contribution is -2.43. The number of ether oxygens (including phenoxy) is 2. The Hall–Kier alpha value is -2.45. The van der Waals surface area contributed by atoms with Crippen LogP contribution in [-0.4, -0.2) is 53.3 Å². The molecule has 1 aliphatic rings. The summed E-state index contributed by atoms with van der Waals surface area (Å²) < 4.78 is 39.6. The number of benzene rings is 3. The third-order valence-corrected chi connectivity index (χ3v) is 6.91. The Morgan fingerprint density at radius 1 is 1.00 bits per heavy atom. The van der Waals surface area contributed by atoms with Gasteiger partial charge in [0.1, 0.15) is 5.75 Å². The molecule has 0 spiro atoms. The van der Waals surface area contributed by atoms with Crippen LogP contribution in [0.1, 0.15) is 11.6 Å². The Labute approximate surface area is 177 Å². The standard InChI is InChI=1S/C23H26N2O4S/c1-28-21-9-6-19(7-10-21)23(25-12-14-29-15-13-25)17-24-30(26,27)22-11-8-18-4-2-3-5-20(18)16-22/h2-11,16,23-24H,12-15,17H2,1H3/t23-/m0/s1. The van der Waals surface area contributed by atoms with Crippen molar-refractivity contribution in [3.8, 4) is 5.75 Å². The number of hydrogen-bond acceptors (Lipinski definition) is 5. The average molecular weight is 427 g/mol. The zero-order valence-corrected chi connectivity index (χ0v) is 17.8. The summed E-state index contributed by atoms with van der Waals surface area (Å²) in [5, 5.41) is 1.92. The van der Waals surface area contributed by atoms with Crippen LogP contribution in [-0.2, 0) is 14.8 Å². The summed E-state index contributed by atoms with van der Waals surface area (Å²) in [6.07, 6.45) is 0. The number of hydrogen-bond donors (Lipinski definition) is 1. The second-order valence-electron chi connectivity index (χ2n) is 7.30. The summed E-state index contributed by atoms with van der Waals surface area (Å²) in [5.74, 6) is 0.774. The first-order valence-corrected chi connectivity index (χ1v) is 11.5. The van der Waals surface area contributed by atoms with E-state index in [9.17, 15) is 8.42 Å². The van der Waals surface area contributed by atoms with Crippen molar-refractivity contribution in [2.24, 2.45) is 0 Å². The Balaban J connectivity index is 1.56. The van der Waals surface area contributed by atoms with Crippen LogP contribution >= 0.6 is 0 Å². The van der Waals surface area contributed by atoms with Crippen molar-refractivity contribution < 1.29 is 17.9 Å². The van der Waals surface area contributed by atoms with Crippen LogP contribution in [0, 0.1) is 0 Å². The first-order chi connectivity index (χ1) is 14.6. The SMILES string of the molecule is COc1ccc([C@H](CNS(=O)(=O)c2ccc3ccccc3c2)N2CCOCC2)cc1. The van der Waals surface area contributed by atoms with Crippen LogP contribution in [0.25, 0.3) is 10.8 Å². The van der Waals surface area contributed by atoms with Crippen LogP contribution < -0.4 is 9.46 Å². The number of nitrogens with zero attached hydrogens (tertiary/aromatic N) is 1. The van der Waals surface area contributed by atoms with Crippen LogP contribution in [0.5, 0.6) is 5.75 Å². The van der Waals surface area contributed by atoms with Gasteiger partial charge in [-0.2, -0.15) is 0 Å². The smallest absolute Gasteiger partial charge is 0.240 e. The first kappa shape index (κ1) is 20.8. The van der Waals surface area contributed by atoms with Crippen molar-refractivity contribution in [3.05, 3.63) is 72.3 Å². The summed E-state index contributed by atoms with van der Waals surface area (Å²) in [4.78, 5) is 2.53. The first-order valence-electron chi connectivity index (χ1n) is 10.0. The topological polar surface area (TPSA) is 67.9 Å². The molecule has 6 nitrogen and oxygen atoms in total. The number of fused-ring (bicyclic) bond motifs is 1. The number of nitrogens with one attached hydrogen (secondary N) is 1. The maximum absolute atomic E-state index is 13.0. The Kier molecular flexibility index (Phi) is 6.34. The van der Waals surface area contributed by atoms with E-state index in [4.69, 9.17) is 9.47 Å². The van der Waals surface area contributed by atoms with E-state index in [1.807, 2.05) is 54.6 Å². The maximum Gasteiger partial charge on any atom is 0.240 e. The van der Waals surface area contributed by atoms with Crippen molar-refractivity contribution in [2.45, 2.75) is 10.9 Å². The molecule has 0 radical (unpaired) electrons. The van der Waals surface area contributed by atoms with E-state index in [0.29, 0.717) is 13.2 Å². The summed E-state index contributed by atoms with van der Waals surface area (Å²) >= 11 is 0. The maximum atomic E-state index is 13.0. The van der Waals surface area contributed by atoms with Gasteiger partial charge in [-0.15, -0.1) is 0 Å². The van der Waals surface area contributed by atoms with Crippen molar-refractivity contribution >= 4 is 20.8 Å². The van der Waals surface area contributed by atoms with Gasteiger partial charge >= 0.3 is 0 Å². The largest absolute Gasteiger partial charge is 0.497 e. The molecule has 4 rings (SSSR count). The highest BCUT2D eigenvalue weighted by Crippen LogP contribution is 2.25. The summed E-state index contributed by atoms with van der Waals surface area (Å²) in [6.45, 7) is 3.08. The molecule has 3 aromatic rings. The normalized spacial score (nSPS) is 16.4. The predicted molar refractivity (Wildman–Crippen MR) is 117 cm³/mol. The molecule has 1 aliphatic heterocycles. The van der Waals surface area contributed by atoms with Gasteiger partial charge < -0.3 is 9.47 Å². The van der Waals surface area contributed by atoms with Crippen molar-refractivity contribution in [3.63, 3.8) is 0 Å². The van der Waals surface area contributed by atoms with Gasteiger partial charge in [0.15, 0.2) is 0 Å². The van der Waals surface area contributed by atoms with E-state index < -0.39 is 10.0 Å². The lowest BCUT2D eigenvalue weighted by atomic mass is 10.0. The van der Waals surface area contributed by atoms with Crippen molar-refractivity contribution in [2.75, 3.05) is 40.0 Å². The average Bonchev–Trinajstić information content (AvgIpc) is 2.80. The Bertz CT molecular complexity index is 1090. The van der Waals surface area contributed by atoms with Gasteiger partial charge in [0, 0.05) is 25.7 Å². The number of methoxy groups -OCH3 is 1. The van der Waals surface area contributed by atoms with Gasteiger partial charge in [-0.05, 0) is 40.6 Å². The van der Waals surface area contributed by atoms with E-state index >= 15 is 0 Å². The van der Waals surface area contributed by atoms with Crippen LogP contribution in [0.15, 0.2) is 71.6 Å². The van der Waals surface area contributed by atoms with Gasteiger partial charge in [0.05, 0.1) is 25.2 Å². The monoisotopic (exact) mass is 426 g/mol. The lowest BCUT2D eigenvalue weighted by molar-refractivity contribution is 0.0172. The fourth-order valence-corrected chi connectivity index (χ4v) is 4.85. The van der Waals surface area contributed by atoms with E-state index in [1.165, 1.54) is 0 Å². The van der Waals surface area contributed by atoms with E-state index in [-0.39, 0.29) is 17.5 Å². The Morgan fingerprint density at radius 3 is 2.40 bits per heavy atom. The molecule has 7 heteroatoms. The lowest BCUT2D eigenvalue weighted by Gasteiger charge is -2.35. The molecule has 1 saturated heterocycles. The third-order valence-electron chi connectivity index (χ3n) is 5.48. The van der Waals surface area contributed by atoms with E-state index in [0.717, 1.165) is 35.2 Å². The van der Waals surface area contributed by atoms with Gasteiger partial charge in [0.2, 0.25) is 10.0 Å². The molecule has 1 atom stereocenters. The zero-order chi connectivity index (χ0) is 21.0. The van der Waals surface area contributed by atoms with Crippen molar-refractivity contribution in [1.29, 1.82) is 0 Å². The second-order valence-corrected chi connectivity index (χ2v) is 9.07. The van der Waals surface area contributed by atoms with Gasteiger partial charge in [-0.25, -0.2) is 13.1 Å². The van der Waals surface area contributed by atoms with Crippen molar-refractivity contribution in [1.82, 2.24) is 9.62 Å². The Morgan fingerprint density at radius 2 is 1.70 bits per heavy atom. The van der Waals surface area contributed by atoms with E-state index in [2.05, 4.69) is 9.62 Å². The minimum absolute atomic E-state index is 0.0879. The molecule has 0 aliphatic carbocycles. The molecule has 1 heterocycles. The molecule has 0 saturated carbocycles. The van der Waals surface area contributed by atoms with Crippen LogP contribution in [0.3, 0.4) is 0 Å². The minimum atomic E-state index is -3.64. The second kappa shape index (κ2) is 9.14. The molecule has 3 aromatic carbocycles. The molecular formula is C23H26N2O4S. The van der Waals surface area contributed by atoms with Crippen LogP contribution in [0.2, 0.25) is 0 Å². The summed E-state index contributed by atoms with van der Waals surface area (Å²) in [5.41, 5.74) is 1.04. The molecule has 158 valence electrons. The van der Waals surface area contributed by atoms with Crippen LogP contribution in [0.4, 0.5) is 0 Å². The molecule has 0 aromatic heterocycles. The number of sulfonamides is 1. The molecule has 0 unspecified atom stereocenters. The summed E-state index contributed by atoms with van der Waals surface area (Å²) in [7, 11) is -2.01. The van der Waals surface area contributed by atoms with E-state index in [1.54, 1.807) is 19.2 Å². The third kappa shape index (κ3) is 4.65. The minimum Gasteiger partial charge on any atom is -0.497 e. The number of rotatable bonds is 7. The molecule has 1 fully saturated rings. The highest BCUT2D eigenvalue weighted by molar-refractivity contribution is 7.89. The zero-order valence-electron chi connectivity index (χ0n) is 17.0. The number of morpholine rings is 1. The fraction of sp³-hybridized carbons (Fsp3) is 0.304. The molecule has 30 heavy (non-hydrogen) atoms. The highest BCUT2D eigenvalue weighted by Gasteiger charge is 2.25. The molecule has 0 bridgehead atoms. The van der Waals surface area contributed by atoms with Gasteiger partial charge in [-0.3, -0.25) is 4.90 Å². The molecule has 0 amide bonds.